The molecule has 3 aliphatic heterocycles. The minimum absolute atomic E-state index is 0.0364. The number of nitrogens with one attached hydrogen (secondary N) is 3. The number of nitrogens with zero attached hydrogens (tertiary/aromatic N) is 7. The summed E-state index contributed by atoms with van der Waals surface area (Å²) in [5, 5.41) is 16.2. The van der Waals surface area contributed by atoms with E-state index in [0.29, 0.717) is 85.3 Å². The van der Waals surface area contributed by atoms with E-state index in [-0.39, 0.29) is 29.2 Å². The Morgan fingerprint density at radius 1 is 0.695 bits per heavy atom. The van der Waals surface area contributed by atoms with Crippen molar-refractivity contribution < 1.29 is 51.8 Å². The minimum atomic E-state index is -0.739. The number of terminal acetylenes is 1. The summed E-state index contributed by atoms with van der Waals surface area (Å²) in [5.74, 6) is 6.01. The maximum absolute atomic E-state index is 13.5. The quantitative estimate of drug-likeness (QED) is 0.0480. The zero-order valence-corrected chi connectivity index (χ0v) is 54.6. The number of carbonyl (C=O) groups is 1. The normalized spacial score (nSPS) is 18.1. The third-order valence-corrected chi connectivity index (χ3v) is 18.3. The molecule has 0 spiro atoms. The number of aryl methyl sites for hydroxylation is 1. The molecule has 490 valence electrons. The van der Waals surface area contributed by atoms with E-state index in [1.54, 1.807) is 34.5 Å². The first kappa shape index (κ1) is 64.5. The highest BCUT2D eigenvalue weighted by Gasteiger charge is 2.53. The molecule has 2 bridgehead atoms. The van der Waals surface area contributed by atoms with E-state index in [2.05, 4.69) is 111 Å². The summed E-state index contributed by atoms with van der Waals surface area (Å²) in [6, 6.07) is 36.5. The molecule has 2 saturated heterocycles. The lowest BCUT2D eigenvalue weighted by Crippen LogP contribution is -2.59. The number of halogens is 2. The number of ketones is 1. The second kappa shape index (κ2) is 28.4. The molecule has 4 aliphatic rings. The molecule has 3 N–H and O–H groups in total. The molecule has 15 rings (SSSR count). The number of aromatic nitrogens is 6. The molecule has 4 atom stereocenters. The highest BCUT2D eigenvalue weighted by Crippen LogP contribution is 2.54. The van der Waals surface area contributed by atoms with Crippen molar-refractivity contribution in [3.63, 3.8) is 0 Å². The summed E-state index contributed by atoms with van der Waals surface area (Å²) in [7, 11) is 8.64. The Balaban J connectivity index is 0.000000130. The summed E-state index contributed by atoms with van der Waals surface area (Å²) in [6.45, 7) is 8.90. The van der Waals surface area contributed by atoms with Crippen LogP contribution in [0.1, 0.15) is 53.9 Å². The number of hydrogen-bond acceptors (Lipinski definition) is 18. The van der Waals surface area contributed by atoms with E-state index in [0.717, 1.165) is 118 Å². The Hall–Kier alpha value is -9.21. The molecule has 11 aromatic rings. The van der Waals surface area contributed by atoms with Gasteiger partial charge in [-0.3, -0.25) is 9.69 Å². The lowest BCUT2D eigenvalue weighted by atomic mass is 9.93. The number of anilines is 4. The topological polar surface area (TPSA) is 201 Å². The molecule has 0 unspecified atom stereocenters. The molecule has 2 fully saturated rings. The van der Waals surface area contributed by atoms with E-state index in [4.69, 9.17) is 60.7 Å². The van der Waals surface area contributed by atoms with Crippen LogP contribution in [-0.2, 0) is 35.8 Å². The SMILES string of the molecule is C#Cc1cccc(Nc2ncnc3cc(OCCOC)c(OCCOC)cc23)c1.CN[C@@H]1C[C@H]2O[C@@](C)([C@@H]1OC)n1c3ccccc3c3c4c(c5c6ccccc6n2c5c31)C(=O)CC4.COc1cc2ncnc(Nc3ccc(F)c(Cl)c3)c2cc1OCCCN1CCOCC1. The first-order chi connectivity index (χ1) is 46.5. The minimum Gasteiger partial charge on any atom is -0.493 e. The van der Waals surface area contributed by atoms with Crippen molar-refractivity contribution in [2.24, 2.45) is 0 Å². The molecule has 0 saturated carbocycles. The van der Waals surface area contributed by atoms with E-state index in [1.165, 1.54) is 41.1 Å². The van der Waals surface area contributed by atoms with Gasteiger partial charge in [0.15, 0.2) is 34.5 Å². The predicted octanol–water partition coefficient (Wildman–Crippen LogP) is 12.9. The van der Waals surface area contributed by atoms with Crippen LogP contribution >= 0.6 is 11.6 Å². The molecule has 7 aromatic carbocycles. The highest BCUT2D eigenvalue weighted by atomic mass is 35.5. The van der Waals surface area contributed by atoms with Gasteiger partial charge >= 0.3 is 0 Å². The Morgan fingerprint density at radius 3 is 1.98 bits per heavy atom. The van der Waals surface area contributed by atoms with E-state index in [9.17, 15) is 9.18 Å². The standard InChI is InChI=1S/C29H27N3O3.C22H24ClFN4O3.C22H23N3O4/c1-29-28(34-3)18(30-2)14-22(35-29)31-19-10-6-4-8-15(19)25-24-17(12-13-21(24)33)23-16-9-5-7-11-20(16)32(29)27(23)26(25)31;1-29-20-13-19-16(12-21(20)31-8-2-5-28-6-9-30-10-7-28)22(26-14-25-19)27-15-3-4-18(24)17(23)11-15;1-4-16-6-5-7-17(12-16)25-22-18-13-20(28-10-8-26-2)21(29-11-9-27-3)14-19(18)23-15-24-22/h4-11,18,22,28,30H,12-14H2,1-3H3;3-4,11-14H,2,5-10H2,1H3,(H,25,26,27);1,5-7,12-15H,8-11H2,2-3H3,(H,23,24,25)/t18-,22-,28-,29+;;/m1../s1. The Morgan fingerprint density at radius 2 is 1.33 bits per heavy atom. The smallest absolute Gasteiger partial charge is 0.173 e. The molecular weight excluding hydrogens is 1230 g/mol. The molecule has 22 heteroatoms. The van der Waals surface area contributed by atoms with Crippen LogP contribution in [0.25, 0.3) is 65.4 Å². The molecule has 95 heavy (non-hydrogen) atoms. The number of carbonyl (C=O) groups excluding carboxylic acids is 1. The number of likely N-dealkylation sites (N-methyl/N-ethyl adjacent to an activating group) is 1. The molecule has 0 radical (unpaired) electrons. The maximum Gasteiger partial charge on any atom is 0.173 e. The summed E-state index contributed by atoms with van der Waals surface area (Å²) < 4.78 is 70.2. The van der Waals surface area contributed by atoms with Crippen LogP contribution in [0, 0.1) is 18.2 Å². The van der Waals surface area contributed by atoms with Crippen molar-refractivity contribution in [3.8, 4) is 35.3 Å². The fraction of sp³-hybridized carbons (Fsp3) is 0.329. The molecule has 4 aromatic heterocycles. The van der Waals surface area contributed by atoms with Crippen LogP contribution in [0.2, 0.25) is 5.02 Å². The lowest BCUT2D eigenvalue weighted by molar-refractivity contribution is -0.256. The van der Waals surface area contributed by atoms with Crippen molar-refractivity contribution in [3.05, 3.63) is 155 Å². The van der Waals surface area contributed by atoms with Crippen LogP contribution in [0.3, 0.4) is 0 Å². The first-order valence-corrected chi connectivity index (χ1v) is 32.1. The van der Waals surface area contributed by atoms with E-state index in [1.807, 2.05) is 55.6 Å². The number of benzene rings is 7. The van der Waals surface area contributed by atoms with Gasteiger partial charge in [-0.1, -0.05) is 60.0 Å². The van der Waals surface area contributed by atoms with Gasteiger partial charge in [0.1, 0.15) is 55.7 Å². The highest BCUT2D eigenvalue weighted by molar-refractivity contribution is 6.32. The fourth-order valence-corrected chi connectivity index (χ4v) is 13.9. The van der Waals surface area contributed by atoms with Gasteiger partial charge in [-0.25, -0.2) is 24.3 Å². The van der Waals surface area contributed by atoms with Crippen LogP contribution in [0.5, 0.6) is 23.0 Å². The van der Waals surface area contributed by atoms with Gasteiger partial charge in [0.05, 0.1) is 78.3 Å². The summed E-state index contributed by atoms with van der Waals surface area (Å²) in [4.78, 5) is 33.2. The zero-order valence-electron chi connectivity index (χ0n) is 53.8. The molecule has 20 nitrogen and oxygen atoms in total. The second-order valence-corrected chi connectivity index (χ2v) is 24.0. The van der Waals surface area contributed by atoms with Crippen molar-refractivity contribution in [2.45, 2.75) is 56.7 Å². The van der Waals surface area contributed by atoms with Crippen LogP contribution < -0.4 is 34.9 Å². The number of hydrogen-bond donors (Lipinski definition) is 3. The monoisotopic (exact) mass is 1300 g/mol. The van der Waals surface area contributed by atoms with Crippen molar-refractivity contribution in [1.29, 1.82) is 0 Å². The van der Waals surface area contributed by atoms with Crippen LogP contribution in [0.15, 0.2) is 128 Å². The van der Waals surface area contributed by atoms with Gasteiger partial charge in [-0.2, -0.15) is 0 Å². The van der Waals surface area contributed by atoms with E-state index < -0.39 is 11.5 Å². The zero-order chi connectivity index (χ0) is 65.7. The average molecular weight is 1310 g/mol. The maximum atomic E-state index is 13.5. The van der Waals surface area contributed by atoms with Crippen LogP contribution in [0.4, 0.5) is 27.4 Å². The number of para-hydroxylation sites is 2. The number of morpholine rings is 1. The number of fused-ring (bicyclic) bond motifs is 15. The summed E-state index contributed by atoms with van der Waals surface area (Å²) >= 11 is 5.90. The molecule has 0 amide bonds. The Labute approximate surface area is 553 Å². The lowest BCUT2D eigenvalue weighted by Gasteiger charge is -2.48. The van der Waals surface area contributed by atoms with Crippen molar-refractivity contribution >= 4 is 106 Å². The third kappa shape index (κ3) is 12.6. The molecule has 7 heterocycles. The summed E-state index contributed by atoms with van der Waals surface area (Å²) in [6.07, 6.45) is 11.1. The largest absolute Gasteiger partial charge is 0.493 e. The van der Waals surface area contributed by atoms with Crippen LogP contribution in [-0.4, -0.2) is 153 Å². The van der Waals surface area contributed by atoms with Crippen molar-refractivity contribution in [2.75, 3.05) is 112 Å². The van der Waals surface area contributed by atoms with Gasteiger partial charge in [0.25, 0.3) is 0 Å². The second-order valence-electron chi connectivity index (χ2n) is 23.6. The van der Waals surface area contributed by atoms with Crippen molar-refractivity contribution in [1.82, 2.24) is 39.3 Å². The number of Topliss-reactive ketones (excluding diaryl/α,β-unsaturated/α-hetero) is 1. The Kier molecular flexibility index (Phi) is 19.3. The number of rotatable bonds is 20. The van der Waals surface area contributed by atoms with Gasteiger partial charge < -0.3 is 67.7 Å². The predicted molar refractivity (Wildman–Crippen MR) is 367 cm³/mol. The first-order valence-electron chi connectivity index (χ1n) is 31.7. The van der Waals surface area contributed by atoms with Gasteiger partial charge in [-0.15, -0.1) is 6.42 Å². The third-order valence-electron chi connectivity index (χ3n) is 18.0. The fourth-order valence-electron chi connectivity index (χ4n) is 13.7. The van der Waals surface area contributed by atoms with Gasteiger partial charge in [-0.05, 0) is 93.0 Å². The van der Waals surface area contributed by atoms with Gasteiger partial charge in [0, 0.05) is 127 Å². The number of ether oxygens (including phenoxy) is 9. The van der Waals surface area contributed by atoms with Gasteiger partial charge in [0.2, 0.25) is 0 Å². The Bertz CT molecular complexity index is 4710. The number of methoxy groups -OCH3 is 4. The molecular formula is C73H74ClFN10O10. The molecule has 1 aliphatic carbocycles. The van der Waals surface area contributed by atoms with E-state index >= 15 is 0 Å². The average Bonchev–Trinajstić information content (AvgIpc) is 1.50. The summed E-state index contributed by atoms with van der Waals surface area (Å²) in [5.41, 5.74) is 9.55.